The molecule has 0 aromatic heterocycles. The van der Waals surface area contributed by atoms with Crippen LogP contribution in [0.15, 0.2) is 54.3 Å². The smallest absolute Gasteiger partial charge is 0.263 e. The van der Waals surface area contributed by atoms with Crippen molar-refractivity contribution in [3.63, 3.8) is 0 Å². The van der Waals surface area contributed by atoms with Gasteiger partial charge in [-0.3, -0.25) is 4.79 Å². The van der Waals surface area contributed by atoms with Gasteiger partial charge in [-0.1, -0.05) is 31.9 Å². The minimum Gasteiger partial charge on any atom is -0.477 e. The topological polar surface area (TPSA) is 50.4 Å². The Balaban J connectivity index is 0.000000492. The average Bonchev–Trinajstić information content (AvgIpc) is 2.68. The first kappa shape index (κ1) is 23.2. The number of hydrogen-bond acceptors (Lipinski definition) is 3. The van der Waals surface area contributed by atoms with Crippen LogP contribution in [0.4, 0.5) is 5.69 Å². The molecule has 1 aliphatic carbocycles. The van der Waals surface area contributed by atoms with Crippen LogP contribution in [-0.4, -0.2) is 24.6 Å². The quantitative estimate of drug-likeness (QED) is 0.716. The van der Waals surface area contributed by atoms with Gasteiger partial charge >= 0.3 is 0 Å². The van der Waals surface area contributed by atoms with E-state index in [-0.39, 0.29) is 13.3 Å². The van der Waals surface area contributed by atoms with Crippen molar-refractivity contribution in [3.8, 4) is 5.75 Å². The van der Waals surface area contributed by atoms with Crippen LogP contribution in [0, 0.1) is 12.8 Å². The third kappa shape index (κ3) is 7.05. The van der Waals surface area contributed by atoms with Crippen molar-refractivity contribution < 1.29 is 9.53 Å². The molecule has 1 aliphatic heterocycles. The lowest BCUT2D eigenvalue weighted by molar-refractivity contribution is -0.128. The summed E-state index contributed by atoms with van der Waals surface area (Å²) in [5.74, 6) is 1.57. The molecule has 3 rings (SSSR count). The van der Waals surface area contributed by atoms with E-state index in [1.807, 2.05) is 25.1 Å². The number of nitrogens with one attached hydrogen (secondary N) is 2. The lowest BCUT2D eigenvalue weighted by atomic mass is 9.87. The van der Waals surface area contributed by atoms with E-state index in [1.165, 1.54) is 18.4 Å². The number of benzene rings is 1. The van der Waals surface area contributed by atoms with Crippen LogP contribution in [0.1, 0.15) is 45.6 Å². The minimum atomic E-state index is -0.431. The van der Waals surface area contributed by atoms with Crippen molar-refractivity contribution >= 4 is 11.6 Å². The zero-order valence-electron chi connectivity index (χ0n) is 16.2. The number of rotatable bonds is 2. The van der Waals surface area contributed by atoms with Gasteiger partial charge in [0.05, 0.1) is 12.2 Å². The van der Waals surface area contributed by atoms with Crippen LogP contribution in [0.5, 0.6) is 5.75 Å². The fraction of sp³-hybridized carbons (Fsp3) is 0.458. The first-order valence-electron chi connectivity index (χ1n) is 9.39. The molecule has 2 N–H and O–H groups in total. The molecule has 0 radical (unpaired) electrons. The summed E-state index contributed by atoms with van der Waals surface area (Å²) in [5.41, 5.74) is 11.7. The zero-order valence-corrected chi connectivity index (χ0v) is 16.2. The van der Waals surface area contributed by atoms with E-state index in [0.29, 0.717) is 12.6 Å². The van der Waals surface area contributed by atoms with Gasteiger partial charge in [-0.2, -0.15) is 0 Å². The molecule has 1 atom stereocenters. The summed E-state index contributed by atoms with van der Waals surface area (Å²) in [6.45, 7) is 11.3. The molecule has 2 aliphatic rings. The van der Waals surface area contributed by atoms with Crippen molar-refractivity contribution in [2.75, 3.05) is 11.9 Å². The Morgan fingerprint density at radius 1 is 1.18 bits per heavy atom. The summed E-state index contributed by atoms with van der Waals surface area (Å²) in [5, 5.41) is 6.44. The van der Waals surface area contributed by atoms with Crippen molar-refractivity contribution in [3.05, 3.63) is 59.8 Å². The molecular weight excluding hydrogens is 348 g/mol. The Morgan fingerprint density at radius 3 is 2.43 bits per heavy atom. The fourth-order valence-corrected chi connectivity index (χ4v) is 3.22. The number of carbonyl (C=O) groups excluding carboxylic acids is 1. The van der Waals surface area contributed by atoms with Crippen molar-refractivity contribution in [1.82, 2.24) is 5.32 Å². The predicted octanol–water partition coefficient (Wildman–Crippen LogP) is 4.92. The van der Waals surface area contributed by atoms with Crippen molar-refractivity contribution in [1.29, 1.82) is 0 Å². The molecule has 4 heteroatoms. The first-order chi connectivity index (χ1) is 13.0. The van der Waals surface area contributed by atoms with E-state index < -0.39 is 6.10 Å². The monoisotopic (exact) mass is 380 g/mol. The summed E-state index contributed by atoms with van der Waals surface area (Å²) in [7, 11) is 0. The van der Waals surface area contributed by atoms with Gasteiger partial charge in [0.1, 0.15) is 5.75 Å². The van der Waals surface area contributed by atoms with E-state index >= 15 is 0 Å². The summed E-state index contributed by atoms with van der Waals surface area (Å²) in [6, 6.07) is 6.30. The van der Waals surface area contributed by atoms with E-state index in [0.717, 1.165) is 30.2 Å². The molecule has 1 unspecified atom stereocenters. The molecule has 1 saturated carbocycles. The van der Waals surface area contributed by atoms with Gasteiger partial charge in [0, 0.05) is 6.04 Å². The maximum atomic E-state index is 12.3. The lowest BCUT2D eigenvalue weighted by Gasteiger charge is -2.31. The lowest BCUT2D eigenvalue weighted by Crippen LogP contribution is -2.48. The van der Waals surface area contributed by atoms with Gasteiger partial charge in [0.25, 0.3) is 5.91 Å². The number of fused-ring (bicyclic) bond motifs is 1. The second kappa shape index (κ2) is 11.8. The summed E-state index contributed by atoms with van der Waals surface area (Å²) in [4.78, 5) is 12.3. The van der Waals surface area contributed by atoms with Crippen LogP contribution >= 0.6 is 0 Å². The van der Waals surface area contributed by atoms with Gasteiger partial charge in [-0.15, -0.1) is 0 Å². The number of aryl methyl sites for hydroxylation is 1. The zero-order chi connectivity index (χ0) is 19.6. The van der Waals surface area contributed by atoms with Gasteiger partial charge < -0.3 is 15.4 Å². The highest BCUT2D eigenvalue weighted by atomic mass is 16.5. The van der Waals surface area contributed by atoms with Gasteiger partial charge in [-0.05, 0) is 80.8 Å². The van der Waals surface area contributed by atoms with Crippen LogP contribution in [-0.2, 0) is 4.79 Å². The van der Waals surface area contributed by atoms with Crippen LogP contribution < -0.4 is 15.4 Å². The Morgan fingerprint density at radius 2 is 1.82 bits per heavy atom. The second-order valence-electron chi connectivity index (χ2n) is 7.06. The molecule has 28 heavy (non-hydrogen) atoms. The van der Waals surface area contributed by atoms with E-state index in [4.69, 9.17) is 4.74 Å². The maximum Gasteiger partial charge on any atom is 0.263 e. The molecular formula is C24H32N2O2. The molecule has 0 bridgehead atoms. The highest BCUT2D eigenvalue weighted by Crippen LogP contribution is 2.30. The number of hydrogen-bond donors (Lipinski definition) is 2. The first-order valence-corrected chi connectivity index (χ1v) is 9.39. The molecule has 0 saturated heterocycles. The summed E-state index contributed by atoms with van der Waals surface area (Å²) >= 11 is 0. The maximum absolute atomic E-state index is 12.3. The highest BCUT2D eigenvalue weighted by Gasteiger charge is 2.28. The highest BCUT2D eigenvalue weighted by molar-refractivity contribution is 5.83. The van der Waals surface area contributed by atoms with Crippen molar-refractivity contribution in [2.45, 2.75) is 59.1 Å². The largest absolute Gasteiger partial charge is 0.477 e. The van der Waals surface area contributed by atoms with E-state index in [1.54, 1.807) is 0 Å². The molecule has 150 valence electrons. The average molecular weight is 381 g/mol. The van der Waals surface area contributed by atoms with Gasteiger partial charge in [0.15, 0.2) is 6.10 Å². The third-order valence-electron chi connectivity index (χ3n) is 4.78. The van der Waals surface area contributed by atoms with Crippen LogP contribution in [0.3, 0.4) is 0 Å². The van der Waals surface area contributed by atoms with Crippen LogP contribution in [0.25, 0.3) is 0 Å². The molecule has 1 aromatic carbocycles. The number of carbonyl (C=O) groups is 1. The Labute approximate surface area is 169 Å². The number of amides is 1. The SMILES string of the molecule is C.C=C=C=C=C=C.Cc1ccc2c(c1)NCC(C(=O)NC1CCC(C)CC1)O2. The molecule has 1 fully saturated rings. The van der Waals surface area contributed by atoms with E-state index in [9.17, 15) is 4.79 Å². The molecule has 0 spiro atoms. The number of anilines is 1. The minimum absolute atomic E-state index is 0. The van der Waals surface area contributed by atoms with Gasteiger partial charge in [0.2, 0.25) is 0 Å². The molecule has 1 aromatic rings. The Kier molecular flexibility index (Phi) is 9.75. The summed E-state index contributed by atoms with van der Waals surface area (Å²) < 4.78 is 5.84. The fourth-order valence-electron chi connectivity index (χ4n) is 3.22. The Hall–Kier alpha value is -2.85. The second-order valence-corrected chi connectivity index (χ2v) is 7.06. The molecule has 1 heterocycles. The van der Waals surface area contributed by atoms with Crippen molar-refractivity contribution in [2.24, 2.45) is 5.92 Å². The van der Waals surface area contributed by atoms with Crippen LogP contribution in [0.2, 0.25) is 0 Å². The standard InChI is InChI=1S/C17H24N2O2.C6H4.CH4/c1-11-3-6-13(7-4-11)19-17(20)16-10-18-14-9-12(2)5-8-15(14)21-16;1-3-5-6-4-2;/h5,8-9,11,13,16,18H,3-4,6-7,10H2,1-2H3,(H,19,20);1-2H2;1H4. The number of ether oxygens (including phenoxy) is 1. The molecule has 4 nitrogen and oxygen atoms in total. The third-order valence-corrected chi connectivity index (χ3v) is 4.78. The van der Waals surface area contributed by atoms with E-state index in [2.05, 4.69) is 53.6 Å². The predicted molar refractivity (Wildman–Crippen MR) is 116 cm³/mol. The summed E-state index contributed by atoms with van der Waals surface area (Å²) in [6.07, 6.45) is 4.15. The normalized spacial score (nSPS) is 21.7. The molecule has 1 amide bonds. The Bertz CT molecular complexity index is 778. The van der Waals surface area contributed by atoms with Gasteiger partial charge in [-0.25, -0.2) is 0 Å².